The number of hydrogen-bond donors (Lipinski definition) is 1. The van der Waals surface area contributed by atoms with Crippen molar-refractivity contribution in [1.82, 2.24) is 5.32 Å². The first kappa shape index (κ1) is 20.1. The number of benzene rings is 2. The van der Waals surface area contributed by atoms with Crippen LogP contribution in [-0.2, 0) is 4.79 Å². The van der Waals surface area contributed by atoms with Gasteiger partial charge in [-0.2, -0.15) is 0 Å². The Morgan fingerprint density at radius 3 is 2.68 bits per heavy atom. The summed E-state index contributed by atoms with van der Waals surface area (Å²) in [5.41, 5.74) is 2.67. The first-order chi connectivity index (χ1) is 13.2. The number of ether oxygens (including phenoxy) is 3. The van der Waals surface area contributed by atoms with Gasteiger partial charge in [0.15, 0.2) is 6.10 Å². The Balaban J connectivity index is 1.77. The number of hydrogen-bond acceptors (Lipinski definition) is 4. The van der Waals surface area contributed by atoms with Crippen LogP contribution < -0.4 is 19.5 Å². The molecule has 0 saturated carbocycles. The minimum absolute atomic E-state index is 0.148. The minimum atomic E-state index is -0.604. The van der Waals surface area contributed by atoms with Gasteiger partial charge in [0.25, 0.3) is 5.91 Å². The third kappa shape index (κ3) is 4.41. The standard InChI is InChI=1S/C23H29NO4/c1-14-7-8-15(2)20(11-14)27-16(3)22(25)24-19-13-23(4,5)28-21-12-17(26-6)9-10-18(19)21/h7-12,16,19H,13H2,1-6H3,(H,24,25). The zero-order valence-corrected chi connectivity index (χ0v) is 17.5. The number of methoxy groups -OCH3 is 1. The van der Waals surface area contributed by atoms with Crippen LogP contribution in [0, 0.1) is 13.8 Å². The SMILES string of the molecule is COc1ccc2c(c1)OC(C)(C)CC2NC(=O)C(C)Oc1cc(C)ccc1C. The van der Waals surface area contributed by atoms with Crippen molar-refractivity contribution in [3.8, 4) is 17.2 Å². The molecule has 28 heavy (non-hydrogen) atoms. The summed E-state index contributed by atoms with van der Waals surface area (Å²) >= 11 is 0. The van der Waals surface area contributed by atoms with E-state index in [0.717, 1.165) is 33.9 Å². The fraction of sp³-hybridized carbons (Fsp3) is 0.435. The highest BCUT2D eigenvalue weighted by Crippen LogP contribution is 2.41. The summed E-state index contributed by atoms with van der Waals surface area (Å²) in [5.74, 6) is 2.06. The molecule has 0 saturated heterocycles. The van der Waals surface area contributed by atoms with Gasteiger partial charge < -0.3 is 19.5 Å². The van der Waals surface area contributed by atoms with Crippen LogP contribution in [0.1, 0.15) is 49.9 Å². The van der Waals surface area contributed by atoms with Crippen LogP contribution in [0.25, 0.3) is 0 Å². The molecule has 150 valence electrons. The van der Waals surface area contributed by atoms with Crippen molar-refractivity contribution in [1.29, 1.82) is 0 Å². The van der Waals surface area contributed by atoms with Crippen LogP contribution in [0.5, 0.6) is 17.2 Å². The molecule has 1 heterocycles. The minimum Gasteiger partial charge on any atom is -0.497 e. The van der Waals surface area contributed by atoms with Gasteiger partial charge in [-0.1, -0.05) is 12.1 Å². The average molecular weight is 383 g/mol. The van der Waals surface area contributed by atoms with Crippen LogP contribution >= 0.6 is 0 Å². The normalized spacial score (nSPS) is 18.4. The van der Waals surface area contributed by atoms with E-state index in [0.29, 0.717) is 6.42 Å². The van der Waals surface area contributed by atoms with E-state index in [-0.39, 0.29) is 11.9 Å². The molecule has 2 aromatic carbocycles. The molecule has 0 spiro atoms. The van der Waals surface area contributed by atoms with Crippen LogP contribution in [-0.4, -0.2) is 24.7 Å². The number of rotatable bonds is 5. The molecule has 2 atom stereocenters. The predicted molar refractivity (Wildman–Crippen MR) is 109 cm³/mol. The van der Waals surface area contributed by atoms with E-state index in [1.165, 1.54) is 0 Å². The highest BCUT2D eigenvalue weighted by molar-refractivity contribution is 5.81. The maximum Gasteiger partial charge on any atom is 0.261 e. The summed E-state index contributed by atoms with van der Waals surface area (Å²) < 4.78 is 17.3. The number of aryl methyl sites for hydroxylation is 2. The Bertz CT molecular complexity index is 875. The molecule has 0 bridgehead atoms. The molecular weight excluding hydrogens is 354 g/mol. The van der Waals surface area contributed by atoms with E-state index in [1.54, 1.807) is 14.0 Å². The third-order valence-corrected chi connectivity index (χ3v) is 5.01. The maximum absolute atomic E-state index is 12.9. The van der Waals surface area contributed by atoms with Gasteiger partial charge in [0.2, 0.25) is 0 Å². The van der Waals surface area contributed by atoms with Gasteiger partial charge in [0.05, 0.1) is 13.2 Å². The first-order valence-corrected chi connectivity index (χ1v) is 9.60. The highest BCUT2D eigenvalue weighted by Gasteiger charge is 2.35. The van der Waals surface area contributed by atoms with Crippen LogP contribution in [0.4, 0.5) is 0 Å². The van der Waals surface area contributed by atoms with Crippen molar-refractivity contribution in [2.75, 3.05) is 7.11 Å². The van der Waals surface area contributed by atoms with Crippen molar-refractivity contribution in [2.24, 2.45) is 0 Å². The van der Waals surface area contributed by atoms with Gasteiger partial charge >= 0.3 is 0 Å². The summed E-state index contributed by atoms with van der Waals surface area (Å²) in [5, 5.41) is 3.14. The van der Waals surface area contributed by atoms with Crippen LogP contribution in [0.3, 0.4) is 0 Å². The van der Waals surface area contributed by atoms with E-state index < -0.39 is 11.7 Å². The van der Waals surface area contributed by atoms with Crippen molar-refractivity contribution in [2.45, 2.75) is 58.8 Å². The molecule has 5 nitrogen and oxygen atoms in total. The number of fused-ring (bicyclic) bond motifs is 1. The fourth-order valence-corrected chi connectivity index (χ4v) is 3.45. The third-order valence-electron chi connectivity index (χ3n) is 5.01. The van der Waals surface area contributed by atoms with E-state index in [4.69, 9.17) is 14.2 Å². The van der Waals surface area contributed by atoms with E-state index in [2.05, 4.69) is 5.32 Å². The van der Waals surface area contributed by atoms with Gasteiger partial charge in [-0.3, -0.25) is 4.79 Å². The number of amides is 1. The van der Waals surface area contributed by atoms with Crippen molar-refractivity contribution in [3.05, 3.63) is 53.1 Å². The molecule has 5 heteroatoms. The number of carbonyl (C=O) groups excluding carboxylic acids is 1. The summed E-state index contributed by atoms with van der Waals surface area (Å²) in [7, 11) is 1.63. The maximum atomic E-state index is 12.9. The Morgan fingerprint density at radius 2 is 1.96 bits per heavy atom. The summed E-state index contributed by atoms with van der Waals surface area (Å²) in [4.78, 5) is 12.9. The van der Waals surface area contributed by atoms with Gasteiger partial charge in [0, 0.05) is 18.1 Å². The topological polar surface area (TPSA) is 56.8 Å². The molecule has 2 aromatic rings. The first-order valence-electron chi connectivity index (χ1n) is 9.60. The van der Waals surface area contributed by atoms with Gasteiger partial charge in [0.1, 0.15) is 22.8 Å². The number of nitrogens with one attached hydrogen (secondary N) is 1. The Kier molecular flexibility index (Phi) is 5.54. The molecule has 3 rings (SSSR count). The Hall–Kier alpha value is -2.69. The second-order valence-corrected chi connectivity index (χ2v) is 8.06. The summed E-state index contributed by atoms with van der Waals surface area (Å²) in [6.07, 6.45) is 0.0713. The zero-order valence-electron chi connectivity index (χ0n) is 17.5. The summed E-state index contributed by atoms with van der Waals surface area (Å²) in [6, 6.07) is 11.5. The second kappa shape index (κ2) is 7.74. The van der Waals surface area contributed by atoms with Crippen molar-refractivity contribution < 1.29 is 19.0 Å². The van der Waals surface area contributed by atoms with Crippen LogP contribution in [0.2, 0.25) is 0 Å². The molecule has 2 unspecified atom stereocenters. The predicted octanol–water partition coefficient (Wildman–Crippen LogP) is 4.50. The molecule has 0 aliphatic carbocycles. The molecule has 1 N–H and O–H groups in total. The van der Waals surface area contributed by atoms with Crippen molar-refractivity contribution >= 4 is 5.91 Å². The molecule has 1 amide bonds. The fourth-order valence-electron chi connectivity index (χ4n) is 3.45. The Morgan fingerprint density at radius 1 is 1.21 bits per heavy atom. The molecular formula is C23H29NO4. The zero-order chi connectivity index (χ0) is 20.5. The van der Waals surface area contributed by atoms with E-state index in [1.807, 2.05) is 64.1 Å². The quantitative estimate of drug-likeness (QED) is 0.826. The van der Waals surface area contributed by atoms with E-state index >= 15 is 0 Å². The molecule has 1 aliphatic rings. The van der Waals surface area contributed by atoms with Gasteiger partial charge in [-0.15, -0.1) is 0 Å². The van der Waals surface area contributed by atoms with E-state index in [9.17, 15) is 4.79 Å². The lowest BCUT2D eigenvalue weighted by atomic mass is 9.89. The van der Waals surface area contributed by atoms with Crippen LogP contribution in [0.15, 0.2) is 36.4 Å². The second-order valence-electron chi connectivity index (χ2n) is 8.06. The molecule has 0 fully saturated rings. The smallest absolute Gasteiger partial charge is 0.261 e. The largest absolute Gasteiger partial charge is 0.497 e. The lowest BCUT2D eigenvalue weighted by Gasteiger charge is -2.38. The highest BCUT2D eigenvalue weighted by atomic mass is 16.5. The molecule has 0 aromatic heterocycles. The number of carbonyl (C=O) groups is 1. The molecule has 1 aliphatic heterocycles. The summed E-state index contributed by atoms with van der Waals surface area (Å²) in [6.45, 7) is 9.79. The van der Waals surface area contributed by atoms with Gasteiger partial charge in [-0.05, 0) is 63.9 Å². The Labute approximate surface area is 167 Å². The lowest BCUT2D eigenvalue weighted by Crippen LogP contribution is -2.44. The molecule has 0 radical (unpaired) electrons. The van der Waals surface area contributed by atoms with Gasteiger partial charge in [-0.25, -0.2) is 0 Å². The average Bonchev–Trinajstić information content (AvgIpc) is 2.63. The van der Waals surface area contributed by atoms with Crippen molar-refractivity contribution in [3.63, 3.8) is 0 Å². The monoisotopic (exact) mass is 383 g/mol. The lowest BCUT2D eigenvalue weighted by molar-refractivity contribution is -0.128.